The molecule has 1 saturated heterocycles. The van der Waals surface area contributed by atoms with Crippen LogP contribution in [0.2, 0.25) is 0 Å². The first-order valence-corrected chi connectivity index (χ1v) is 10.7. The van der Waals surface area contributed by atoms with Crippen LogP contribution in [0.15, 0.2) is 0 Å². The third kappa shape index (κ3) is 9.76. The summed E-state index contributed by atoms with van der Waals surface area (Å²) in [6.45, 7) is 36.6. The van der Waals surface area contributed by atoms with Crippen molar-refractivity contribution in [3.8, 4) is 0 Å². The molecule has 0 aliphatic carbocycles. The molecule has 1 aliphatic heterocycles. The van der Waals surface area contributed by atoms with Crippen LogP contribution < -0.4 is 0 Å². The van der Waals surface area contributed by atoms with E-state index in [0.29, 0.717) is 0 Å². The molecule has 1 fully saturated rings. The van der Waals surface area contributed by atoms with Gasteiger partial charge in [-0.25, -0.2) is 4.52 Å². The molecule has 0 unspecified atom stereocenters. The average Bonchev–Trinajstić information content (AvgIpc) is 2.57. The van der Waals surface area contributed by atoms with Crippen LogP contribution in [-0.2, 0) is 35.8 Å². The summed E-state index contributed by atoms with van der Waals surface area (Å²) >= 11 is 0. The molecule has 1 heterocycles. The van der Waals surface area contributed by atoms with E-state index in [9.17, 15) is 0 Å². The molecule has 0 amide bonds. The number of rotatable bonds is 1. The molecule has 5 radical (unpaired) electrons. The van der Waals surface area contributed by atoms with Crippen LogP contribution in [0.5, 0.6) is 0 Å². The largest absolute Gasteiger partial charge is 0 e. The van der Waals surface area contributed by atoms with Gasteiger partial charge in [0.25, 0.3) is 0 Å². The molecular formula is C22H35CrO4P+. The van der Waals surface area contributed by atoms with Crippen molar-refractivity contribution in [3.63, 3.8) is 0 Å². The standard InChI is InChI=1S/C19H35OP.3CO.Cr/c1-17(2,3)14-12-15(18(4,5)6)21(11,20-10)16(13-14)19(7,8)9;3*1-2;/h12-13H,1-11H3;;;;/q+1;;;;. The summed E-state index contributed by atoms with van der Waals surface area (Å²) in [4.78, 5) is 0. The van der Waals surface area contributed by atoms with Gasteiger partial charge in [-0.15, -0.1) is 0 Å². The molecule has 28 heavy (non-hydrogen) atoms. The first-order chi connectivity index (χ1) is 12.1. The van der Waals surface area contributed by atoms with Crippen LogP contribution in [-0.4, -0.2) is 13.8 Å². The van der Waals surface area contributed by atoms with Gasteiger partial charge in [-0.05, 0) is 11.3 Å². The minimum Gasteiger partial charge on any atom is 0 e. The summed E-state index contributed by atoms with van der Waals surface area (Å²) < 4.78 is 28.7. The minimum absolute atomic E-state index is 0. The molecule has 0 bridgehead atoms. The van der Waals surface area contributed by atoms with Crippen molar-refractivity contribution in [1.82, 2.24) is 0 Å². The smallest absolute Gasteiger partial charge is 0 e. The molecule has 0 aromatic rings. The van der Waals surface area contributed by atoms with E-state index in [2.05, 4.69) is 102 Å². The van der Waals surface area contributed by atoms with Crippen molar-refractivity contribution in [2.24, 2.45) is 16.2 Å². The Balaban J connectivity index is -0.000000374. The second kappa shape index (κ2) is 14.2. The van der Waals surface area contributed by atoms with E-state index in [-0.39, 0.29) is 33.6 Å². The summed E-state index contributed by atoms with van der Waals surface area (Å²) in [7, 11) is 0.171. The molecule has 4 nitrogen and oxygen atoms in total. The number of hydrogen-bond acceptors (Lipinski definition) is 1. The van der Waals surface area contributed by atoms with Gasteiger partial charge in [-0.2, -0.15) is 0 Å². The zero-order valence-corrected chi connectivity index (χ0v) is 21.3. The van der Waals surface area contributed by atoms with E-state index in [1.54, 1.807) is 0 Å². The Labute approximate surface area is 185 Å². The second-order valence-corrected chi connectivity index (χ2v) is 12.5. The van der Waals surface area contributed by atoms with Gasteiger partial charge in [0.15, 0.2) is 18.8 Å². The Morgan fingerprint density at radius 3 is 1.07 bits per heavy atom. The molecule has 1 aliphatic rings. The van der Waals surface area contributed by atoms with Gasteiger partial charge < -0.3 is 0 Å². The predicted octanol–water partition coefficient (Wildman–Crippen LogP) is 6.28. The summed E-state index contributed by atoms with van der Waals surface area (Å²) in [5, 5.41) is 0. The zero-order valence-electron chi connectivity index (χ0n) is 19.1. The minimum atomic E-state index is -1.71. The van der Waals surface area contributed by atoms with Crippen molar-refractivity contribution in [3.05, 3.63) is 50.0 Å². The maximum atomic E-state index is 7.50. The topological polar surface area (TPSA) is 68.9 Å². The third-order valence-electron chi connectivity index (χ3n) is 4.27. The van der Waals surface area contributed by atoms with Crippen LogP contribution in [0.3, 0.4) is 0 Å². The molecule has 0 spiro atoms. The summed E-state index contributed by atoms with van der Waals surface area (Å²) in [6, 6.07) is 0. The quantitative estimate of drug-likeness (QED) is 0.266. The maximum absolute atomic E-state index is 7.50. The summed E-state index contributed by atoms with van der Waals surface area (Å²) in [6.07, 6.45) is 4.85. The second-order valence-electron chi connectivity index (χ2n) is 9.37. The van der Waals surface area contributed by atoms with Crippen LogP contribution in [0.1, 0.15) is 62.3 Å². The SMILES string of the molecule is CO[P+]1(C)[C](C(C)(C)C)[CH][C](C(C)(C)C)[CH][C]1C(C)(C)C.[C-]#[O+].[C-]#[O+].[C-]#[O+].[Cr]. The van der Waals surface area contributed by atoms with Crippen LogP contribution in [0.4, 0.5) is 0 Å². The Hall–Kier alpha value is 0.142. The fourth-order valence-electron chi connectivity index (χ4n) is 3.06. The van der Waals surface area contributed by atoms with Crippen LogP contribution >= 0.6 is 7.49 Å². The fraction of sp³-hybridized carbons (Fsp3) is 0.636. The van der Waals surface area contributed by atoms with Gasteiger partial charge >= 0.3 is 33.9 Å². The molecule has 0 saturated carbocycles. The Bertz CT molecular complexity index is 440. The first kappa shape index (κ1) is 35.6. The predicted molar refractivity (Wildman–Crippen MR) is 108 cm³/mol. The summed E-state index contributed by atoms with van der Waals surface area (Å²) in [5.41, 5.74) is 3.37. The van der Waals surface area contributed by atoms with E-state index in [4.69, 9.17) is 18.5 Å². The molecule has 0 N–H and O–H groups in total. The molecule has 0 aromatic heterocycles. The van der Waals surface area contributed by atoms with Gasteiger partial charge in [0.1, 0.15) is 0 Å². The number of hydrogen-bond donors (Lipinski definition) is 0. The Morgan fingerprint density at radius 1 is 0.679 bits per heavy atom. The van der Waals surface area contributed by atoms with Gasteiger partial charge in [0.2, 0.25) is 0 Å². The van der Waals surface area contributed by atoms with Gasteiger partial charge in [0, 0.05) is 41.0 Å². The Kier molecular flexibility index (Phi) is 18.0. The zero-order chi connectivity index (χ0) is 22.9. The van der Waals surface area contributed by atoms with Crippen molar-refractivity contribution in [1.29, 1.82) is 0 Å². The van der Waals surface area contributed by atoms with Gasteiger partial charge in [-0.3, -0.25) is 0 Å². The van der Waals surface area contributed by atoms with Crippen molar-refractivity contribution < 1.29 is 35.8 Å². The molecule has 1 rings (SSSR count). The molecule has 0 aromatic carbocycles. The molecule has 157 valence electrons. The average molecular weight is 446 g/mol. The van der Waals surface area contributed by atoms with E-state index in [0.717, 1.165) is 0 Å². The Morgan fingerprint density at radius 2 is 0.929 bits per heavy atom. The van der Waals surface area contributed by atoms with E-state index in [1.165, 1.54) is 17.2 Å². The fourth-order valence-corrected chi connectivity index (χ4v) is 7.04. The van der Waals surface area contributed by atoms with E-state index < -0.39 is 7.49 Å². The maximum Gasteiger partial charge on any atom is 0 e. The van der Waals surface area contributed by atoms with Gasteiger partial charge in [-0.1, -0.05) is 62.3 Å². The van der Waals surface area contributed by atoms with Crippen LogP contribution in [0, 0.1) is 66.3 Å². The van der Waals surface area contributed by atoms with Crippen molar-refractivity contribution in [2.45, 2.75) is 62.3 Å². The van der Waals surface area contributed by atoms with Crippen molar-refractivity contribution >= 4 is 7.49 Å². The van der Waals surface area contributed by atoms with E-state index >= 15 is 0 Å². The van der Waals surface area contributed by atoms with Crippen molar-refractivity contribution in [2.75, 3.05) is 13.8 Å². The molecular weight excluding hydrogens is 411 g/mol. The summed E-state index contributed by atoms with van der Waals surface area (Å²) in [5.74, 6) is 1.42. The normalized spacial score (nSPS) is 17.9. The van der Waals surface area contributed by atoms with Gasteiger partial charge in [0.05, 0.1) is 13.8 Å². The van der Waals surface area contributed by atoms with Crippen LogP contribution in [0.25, 0.3) is 0 Å². The third-order valence-corrected chi connectivity index (χ3v) is 8.44. The molecule has 0 atom stereocenters. The first-order valence-electron chi connectivity index (χ1n) is 8.50. The monoisotopic (exact) mass is 446 g/mol. The molecule has 6 heteroatoms. The van der Waals surface area contributed by atoms with E-state index in [1.807, 2.05) is 7.11 Å².